The first kappa shape index (κ1) is 10.7. The minimum absolute atomic E-state index is 0.697. The minimum atomic E-state index is 0.697. The third-order valence-corrected chi connectivity index (χ3v) is 3.56. The highest BCUT2D eigenvalue weighted by Crippen LogP contribution is 2.29. The van der Waals surface area contributed by atoms with Gasteiger partial charge >= 0.3 is 0 Å². The summed E-state index contributed by atoms with van der Waals surface area (Å²) < 4.78 is 0. The number of fused-ring (bicyclic) bond motifs is 1. The van der Waals surface area contributed by atoms with Crippen LogP contribution < -0.4 is 5.32 Å². The second-order valence-corrected chi connectivity index (χ2v) is 4.51. The molecule has 0 bridgehead atoms. The summed E-state index contributed by atoms with van der Waals surface area (Å²) in [4.78, 5) is 0. The molecule has 15 heavy (non-hydrogen) atoms. The highest BCUT2D eigenvalue weighted by molar-refractivity contribution is 5.32. The average Bonchev–Trinajstić information content (AvgIpc) is 2.69. The Kier molecular flexibility index (Phi) is 3.42. The van der Waals surface area contributed by atoms with Gasteiger partial charge in [0.2, 0.25) is 0 Å². The molecule has 0 spiro atoms. The van der Waals surface area contributed by atoms with Crippen molar-refractivity contribution in [3.63, 3.8) is 0 Å². The van der Waals surface area contributed by atoms with Crippen LogP contribution in [0.15, 0.2) is 24.3 Å². The number of benzene rings is 1. The van der Waals surface area contributed by atoms with Gasteiger partial charge in [-0.25, -0.2) is 0 Å². The third kappa shape index (κ3) is 2.23. The molecule has 1 heteroatoms. The van der Waals surface area contributed by atoms with Crippen molar-refractivity contribution >= 4 is 0 Å². The van der Waals surface area contributed by atoms with Crippen molar-refractivity contribution in [2.75, 3.05) is 6.54 Å². The lowest BCUT2D eigenvalue weighted by atomic mass is 9.94. The zero-order valence-corrected chi connectivity index (χ0v) is 9.79. The van der Waals surface area contributed by atoms with Crippen LogP contribution in [0.4, 0.5) is 0 Å². The van der Waals surface area contributed by atoms with Crippen molar-refractivity contribution < 1.29 is 0 Å². The molecule has 1 unspecified atom stereocenters. The molecule has 0 aliphatic heterocycles. The van der Waals surface area contributed by atoms with E-state index in [0.717, 1.165) is 12.5 Å². The van der Waals surface area contributed by atoms with E-state index in [-0.39, 0.29) is 0 Å². The summed E-state index contributed by atoms with van der Waals surface area (Å²) in [6.45, 7) is 5.58. The van der Waals surface area contributed by atoms with E-state index in [1.807, 2.05) is 0 Å². The summed E-state index contributed by atoms with van der Waals surface area (Å²) in [5.41, 5.74) is 3.14. The van der Waals surface area contributed by atoms with E-state index in [1.165, 1.54) is 19.3 Å². The van der Waals surface area contributed by atoms with Gasteiger partial charge in [-0.05, 0) is 42.9 Å². The molecule has 2 rings (SSSR count). The Morgan fingerprint density at radius 3 is 2.27 bits per heavy atom. The summed E-state index contributed by atoms with van der Waals surface area (Å²) in [6, 6.07) is 9.59. The van der Waals surface area contributed by atoms with Gasteiger partial charge in [0.05, 0.1) is 0 Å². The molecule has 0 saturated heterocycles. The molecule has 1 atom stereocenters. The third-order valence-electron chi connectivity index (χ3n) is 3.56. The summed E-state index contributed by atoms with van der Waals surface area (Å²) in [5.74, 6) is 0.812. The number of nitrogens with one attached hydrogen (secondary N) is 1. The second-order valence-electron chi connectivity index (χ2n) is 4.51. The van der Waals surface area contributed by atoms with Crippen molar-refractivity contribution in [3.05, 3.63) is 35.4 Å². The maximum absolute atomic E-state index is 3.61. The fourth-order valence-electron chi connectivity index (χ4n) is 2.78. The molecule has 1 aromatic carbocycles. The smallest absolute Gasteiger partial charge is 0.00989 e. The molecule has 0 radical (unpaired) electrons. The molecule has 1 aliphatic carbocycles. The Labute approximate surface area is 92.9 Å². The van der Waals surface area contributed by atoms with E-state index in [9.17, 15) is 0 Å². The highest BCUT2D eigenvalue weighted by atomic mass is 14.9. The van der Waals surface area contributed by atoms with E-state index in [4.69, 9.17) is 0 Å². The Morgan fingerprint density at radius 1 is 1.20 bits per heavy atom. The molecule has 1 N–H and O–H groups in total. The van der Waals surface area contributed by atoms with Crippen LogP contribution >= 0.6 is 0 Å². The zero-order valence-electron chi connectivity index (χ0n) is 9.79. The molecule has 0 amide bonds. The molecular formula is C14H21N. The van der Waals surface area contributed by atoms with Crippen molar-refractivity contribution in [2.45, 2.75) is 39.2 Å². The van der Waals surface area contributed by atoms with Crippen LogP contribution in [0.5, 0.6) is 0 Å². The second kappa shape index (κ2) is 4.80. The largest absolute Gasteiger partial charge is 0.314 e. The number of rotatable bonds is 4. The van der Waals surface area contributed by atoms with Gasteiger partial charge < -0.3 is 5.32 Å². The quantitative estimate of drug-likeness (QED) is 0.793. The standard InChI is InChI=1S/C14H21N/c1-3-14(15-4-2)13-9-11-7-5-6-8-12(11)10-13/h5-8,13-15H,3-4,9-10H2,1-2H3. The van der Waals surface area contributed by atoms with Crippen LogP contribution in [0.1, 0.15) is 31.4 Å². The lowest BCUT2D eigenvalue weighted by molar-refractivity contribution is 0.361. The van der Waals surface area contributed by atoms with Gasteiger partial charge in [0, 0.05) is 6.04 Å². The Morgan fingerprint density at radius 2 is 1.80 bits per heavy atom. The SMILES string of the molecule is CCNC(CC)C1Cc2ccccc2C1. The van der Waals surface area contributed by atoms with Crippen LogP contribution in [0.3, 0.4) is 0 Å². The normalized spacial score (nSPS) is 17.7. The molecule has 82 valence electrons. The van der Waals surface area contributed by atoms with E-state index in [0.29, 0.717) is 6.04 Å². The van der Waals surface area contributed by atoms with Crippen molar-refractivity contribution in [1.29, 1.82) is 0 Å². The van der Waals surface area contributed by atoms with E-state index < -0.39 is 0 Å². The summed E-state index contributed by atoms with van der Waals surface area (Å²) >= 11 is 0. The first-order valence-corrected chi connectivity index (χ1v) is 6.15. The van der Waals surface area contributed by atoms with Crippen molar-refractivity contribution in [3.8, 4) is 0 Å². The topological polar surface area (TPSA) is 12.0 Å². The maximum atomic E-state index is 3.61. The molecule has 1 aromatic rings. The summed E-state index contributed by atoms with van der Waals surface area (Å²) in [5, 5.41) is 3.61. The van der Waals surface area contributed by atoms with Gasteiger partial charge in [0.1, 0.15) is 0 Å². The monoisotopic (exact) mass is 203 g/mol. The lowest BCUT2D eigenvalue weighted by Crippen LogP contribution is -2.35. The Balaban J connectivity index is 2.05. The Hall–Kier alpha value is -0.820. The van der Waals surface area contributed by atoms with Gasteiger partial charge in [0.15, 0.2) is 0 Å². The summed E-state index contributed by atoms with van der Waals surface area (Å²) in [6.07, 6.45) is 3.77. The van der Waals surface area contributed by atoms with Gasteiger partial charge in [-0.15, -0.1) is 0 Å². The predicted molar refractivity (Wildman–Crippen MR) is 65.1 cm³/mol. The fourth-order valence-corrected chi connectivity index (χ4v) is 2.78. The summed E-state index contributed by atoms with van der Waals surface area (Å²) in [7, 11) is 0. The molecule has 0 saturated carbocycles. The van der Waals surface area contributed by atoms with E-state index in [1.54, 1.807) is 11.1 Å². The minimum Gasteiger partial charge on any atom is -0.314 e. The first-order valence-electron chi connectivity index (χ1n) is 6.15. The van der Waals surface area contributed by atoms with Crippen LogP contribution in [0.2, 0.25) is 0 Å². The Bertz CT molecular complexity index is 294. The predicted octanol–water partition coefficient (Wildman–Crippen LogP) is 2.79. The van der Waals surface area contributed by atoms with Crippen LogP contribution in [-0.4, -0.2) is 12.6 Å². The molecule has 1 aliphatic rings. The molecule has 1 nitrogen and oxygen atoms in total. The van der Waals surface area contributed by atoms with Crippen molar-refractivity contribution in [1.82, 2.24) is 5.32 Å². The zero-order chi connectivity index (χ0) is 10.7. The molecule has 0 heterocycles. The van der Waals surface area contributed by atoms with Gasteiger partial charge in [-0.3, -0.25) is 0 Å². The number of hydrogen-bond acceptors (Lipinski definition) is 1. The average molecular weight is 203 g/mol. The number of hydrogen-bond donors (Lipinski definition) is 1. The fraction of sp³-hybridized carbons (Fsp3) is 0.571. The van der Waals surface area contributed by atoms with Gasteiger partial charge in [-0.2, -0.15) is 0 Å². The van der Waals surface area contributed by atoms with Gasteiger partial charge in [0.25, 0.3) is 0 Å². The van der Waals surface area contributed by atoms with Gasteiger partial charge in [-0.1, -0.05) is 38.1 Å². The first-order chi connectivity index (χ1) is 7.35. The lowest BCUT2D eigenvalue weighted by Gasteiger charge is -2.22. The van der Waals surface area contributed by atoms with E-state index in [2.05, 4.69) is 43.4 Å². The van der Waals surface area contributed by atoms with E-state index >= 15 is 0 Å². The molecular weight excluding hydrogens is 182 g/mol. The van der Waals surface area contributed by atoms with Crippen LogP contribution in [0.25, 0.3) is 0 Å². The molecule has 0 aromatic heterocycles. The van der Waals surface area contributed by atoms with Crippen molar-refractivity contribution in [2.24, 2.45) is 5.92 Å². The molecule has 0 fully saturated rings. The van der Waals surface area contributed by atoms with Crippen LogP contribution in [0, 0.1) is 5.92 Å². The van der Waals surface area contributed by atoms with Crippen LogP contribution in [-0.2, 0) is 12.8 Å². The maximum Gasteiger partial charge on any atom is 0.00989 e. The highest BCUT2D eigenvalue weighted by Gasteiger charge is 2.26.